The first kappa shape index (κ1) is 5.24. The van der Waals surface area contributed by atoms with E-state index in [1.54, 1.807) is 0 Å². The molecule has 0 amide bonds. The molecule has 0 aromatic heterocycles. The maximum absolute atomic E-state index is 9.33. The summed E-state index contributed by atoms with van der Waals surface area (Å²) in [6.07, 6.45) is 0. The first-order chi connectivity index (χ1) is 2.27. The molecule has 5 heavy (non-hydrogen) atoms. The largest absolute Gasteiger partial charge is 0.681 e. The van der Waals surface area contributed by atoms with Crippen molar-refractivity contribution in [1.29, 1.82) is 0 Å². The number of hydrogen-bond donors (Lipinski definition) is 1. The maximum Gasteiger partial charge on any atom is 0.681 e. The summed E-state index contributed by atoms with van der Waals surface area (Å²) in [7, 11) is -1.95. The van der Waals surface area contributed by atoms with Crippen molar-refractivity contribution in [2.45, 2.75) is 0 Å². The van der Waals surface area contributed by atoms with Gasteiger partial charge in [-0.2, -0.15) is 4.21 Å². The van der Waals surface area contributed by atoms with Crippen molar-refractivity contribution >= 4 is 18.7 Å². The molecular formula is H4O3PSi+. The summed E-state index contributed by atoms with van der Waals surface area (Å²) in [6, 6.07) is 0. The van der Waals surface area contributed by atoms with Crippen LogP contribution >= 0.6 is 8.25 Å². The summed E-state index contributed by atoms with van der Waals surface area (Å²) in [5, 5.41) is 0. The van der Waals surface area contributed by atoms with Gasteiger partial charge in [-0.25, -0.2) is 0 Å². The molecule has 1 N–H and O–H groups in total. The van der Waals surface area contributed by atoms with Gasteiger partial charge in [-0.1, -0.05) is 0 Å². The van der Waals surface area contributed by atoms with Crippen LogP contribution in [0.25, 0.3) is 0 Å². The lowest BCUT2D eigenvalue weighted by molar-refractivity contribution is 0.424. The molecule has 0 rings (SSSR count). The predicted molar refractivity (Wildman–Crippen MR) is 20.8 cm³/mol. The summed E-state index contributed by atoms with van der Waals surface area (Å²) < 4.78 is 13.3. The van der Waals surface area contributed by atoms with Crippen LogP contribution in [0.5, 0.6) is 0 Å². The zero-order chi connectivity index (χ0) is 4.28. The molecule has 0 aromatic rings. The Labute approximate surface area is 33.5 Å². The molecule has 3 nitrogen and oxygen atoms in total. The van der Waals surface area contributed by atoms with E-state index in [1.165, 1.54) is 0 Å². The fraction of sp³-hybridized carbons (Fsp3) is 0. The van der Waals surface area contributed by atoms with Gasteiger partial charge in [0.2, 0.25) is 10.5 Å². The van der Waals surface area contributed by atoms with Crippen LogP contribution in [-0.2, 0) is 8.78 Å². The van der Waals surface area contributed by atoms with Crippen LogP contribution in [0.2, 0.25) is 0 Å². The molecule has 0 aliphatic heterocycles. The van der Waals surface area contributed by atoms with Gasteiger partial charge in [0.15, 0.2) is 0 Å². The van der Waals surface area contributed by atoms with Gasteiger partial charge in [-0.3, -0.25) is 0 Å². The van der Waals surface area contributed by atoms with E-state index >= 15 is 0 Å². The standard InChI is InChI=1S/H3O3PSi/c1-4(2)3-5/h5H3/p+1. The van der Waals surface area contributed by atoms with E-state index in [0.29, 0.717) is 10.5 Å². The second kappa shape index (κ2) is 2.47. The van der Waals surface area contributed by atoms with Crippen LogP contribution in [0.3, 0.4) is 0 Å². The number of hydrogen-bond acceptors (Lipinski definition) is 2. The number of rotatable bonds is 1. The van der Waals surface area contributed by atoms with Gasteiger partial charge in [0, 0.05) is 4.57 Å². The second-order valence-corrected chi connectivity index (χ2v) is 2.36. The Kier molecular flexibility index (Phi) is 2.59. The van der Waals surface area contributed by atoms with Crippen molar-refractivity contribution in [1.82, 2.24) is 0 Å². The van der Waals surface area contributed by atoms with E-state index in [1.807, 2.05) is 0 Å². The van der Waals surface area contributed by atoms with E-state index in [-0.39, 0.29) is 0 Å². The summed E-state index contributed by atoms with van der Waals surface area (Å²) in [5.74, 6) is 0. The van der Waals surface area contributed by atoms with Gasteiger partial charge in [-0.05, 0) is 0 Å². The fourth-order valence-electron chi connectivity index (χ4n) is 0. The normalized spacial score (nSPS) is 11.8. The molecule has 1 atom stereocenters. The van der Waals surface area contributed by atoms with Crippen LogP contribution in [0.1, 0.15) is 0 Å². The van der Waals surface area contributed by atoms with Crippen molar-refractivity contribution < 1.29 is 13.7 Å². The highest BCUT2D eigenvalue weighted by molar-refractivity contribution is 7.33. The molecule has 0 aliphatic carbocycles. The molecule has 30 valence electrons. The highest BCUT2D eigenvalue weighted by Crippen LogP contribution is 2.08. The summed E-state index contributed by atoms with van der Waals surface area (Å²) in [6.45, 7) is 0. The first-order valence-electron chi connectivity index (χ1n) is 0.973. The van der Waals surface area contributed by atoms with E-state index < -0.39 is 8.25 Å². The lowest BCUT2D eigenvalue weighted by Gasteiger charge is -1.56. The third-order valence-electron chi connectivity index (χ3n) is 0.156. The van der Waals surface area contributed by atoms with Crippen molar-refractivity contribution in [2.24, 2.45) is 0 Å². The monoisotopic (exact) mass is 111 g/mol. The molecule has 0 saturated carbocycles. The first-order valence-corrected chi connectivity index (χ1v) is 2.92. The summed E-state index contributed by atoms with van der Waals surface area (Å²) >= 11 is 0. The smallest absolute Gasteiger partial charge is 0.188 e. The molecule has 0 aliphatic rings. The zero-order valence-electron chi connectivity index (χ0n) is 2.71. The molecule has 5 heteroatoms. The Morgan fingerprint density at radius 1 is 2.00 bits per heavy atom. The van der Waals surface area contributed by atoms with Crippen molar-refractivity contribution in [3.05, 3.63) is 0 Å². The highest BCUT2D eigenvalue weighted by atomic mass is 31.1. The van der Waals surface area contributed by atoms with E-state index in [9.17, 15) is 4.57 Å². The topological polar surface area (TPSA) is 46.5 Å². The maximum atomic E-state index is 9.33. The van der Waals surface area contributed by atoms with Gasteiger partial charge < -0.3 is 0 Å². The Morgan fingerprint density at radius 3 is 2.20 bits per heavy atom. The van der Waals surface area contributed by atoms with Gasteiger partial charge in [-0.15, -0.1) is 4.89 Å². The molecule has 0 bridgehead atoms. The molecule has 0 fully saturated rings. The highest BCUT2D eigenvalue weighted by Gasteiger charge is 2.01. The SMILES string of the molecule is O=[P+](O)O[SiH3]. The summed E-state index contributed by atoms with van der Waals surface area (Å²) in [4.78, 5) is 7.68. The van der Waals surface area contributed by atoms with Crippen molar-refractivity contribution in [3.63, 3.8) is 0 Å². The minimum Gasteiger partial charge on any atom is -0.188 e. The predicted octanol–water partition coefficient (Wildman–Crippen LogP) is -1.07. The molecule has 0 saturated heterocycles. The van der Waals surface area contributed by atoms with E-state index in [2.05, 4.69) is 4.21 Å². The van der Waals surface area contributed by atoms with E-state index in [0.717, 1.165) is 0 Å². The van der Waals surface area contributed by atoms with Gasteiger partial charge in [0.25, 0.3) is 0 Å². The Morgan fingerprint density at radius 2 is 2.20 bits per heavy atom. The zero-order valence-corrected chi connectivity index (χ0v) is 5.61. The Balaban J connectivity index is 2.85. The summed E-state index contributed by atoms with van der Waals surface area (Å²) in [5.41, 5.74) is 0. The second-order valence-electron chi connectivity index (χ2n) is 0.420. The van der Waals surface area contributed by atoms with E-state index in [4.69, 9.17) is 4.89 Å². The van der Waals surface area contributed by atoms with Crippen molar-refractivity contribution in [2.75, 3.05) is 0 Å². The minimum atomic E-state index is -2.29. The average Bonchev–Trinajstić information content (AvgIpc) is 1.38. The molecular weight excluding hydrogens is 107 g/mol. The van der Waals surface area contributed by atoms with Crippen LogP contribution in [0.15, 0.2) is 0 Å². The van der Waals surface area contributed by atoms with Crippen LogP contribution in [-0.4, -0.2) is 15.4 Å². The van der Waals surface area contributed by atoms with Gasteiger partial charge in [0.1, 0.15) is 0 Å². The molecule has 0 aromatic carbocycles. The molecule has 1 unspecified atom stereocenters. The fourth-order valence-corrected chi connectivity index (χ4v) is 0. The Hall–Kier alpha value is 0.237. The van der Waals surface area contributed by atoms with Gasteiger partial charge in [0.05, 0.1) is 0 Å². The van der Waals surface area contributed by atoms with Crippen LogP contribution < -0.4 is 0 Å². The lowest BCUT2D eigenvalue weighted by Crippen LogP contribution is -1.61. The third-order valence-corrected chi connectivity index (χ3v) is 1.41. The minimum absolute atomic E-state index is 0.340. The molecule has 0 spiro atoms. The van der Waals surface area contributed by atoms with Gasteiger partial charge >= 0.3 is 8.25 Å². The average molecular weight is 111 g/mol. The van der Waals surface area contributed by atoms with Crippen LogP contribution in [0, 0.1) is 0 Å². The molecule has 0 heterocycles. The lowest BCUT2D eigenvalue weighted by atomic mass is 15.8. The Bertz CT molecular complexity index is 42.2. The molecule has 0 radical (unpaired) electrons. The quantitative estimate of drug-likeness (QED) is 0.346. The van der Waals surface area contributed by atoms with Crippen LogP contribution in [0.4, 0.5) is 0 Å². The van der Waals surface area contributed by atoms with Crippen molar-refractivity contribution in [3.8, 4) is 0 Å². The third kappa shape index (κ3) is 4.24.